The standard InChI is InChI=1S/C34H36BrN7O4/c1-2-36-32(45)29-27(43)28(44)33(46-29)42-20-39-26-30(38-19-25(22-9-5-3-6-10-22)23-11-7-4-8-12-23)40-34(41-31(26)42)37-18-17-21-13-15-24(35)16-14-21/h3-16,20,25,27-29,33,43-44H,2,17-19H2,1H3,(H,36,45)(H2,37,38,40,41)/t27-,28+,29-,33+/m0/s1. The number of hydrogen-bond acceptors (Lipinski definition) is 9. The molecule has 5 N–H and O–H groups in total. The molecule has 1 saturated heterocycles. The lowest BCUT2D eigenvalue weighted by atomic mass is 9.91. The number of nitrogens with one attached hydrogen (secondary N) is 3. The minimum Gasteiger partial charge on any atom is -0.387 e. The number of ether oxygens (including phenoxy) is 1. The average molecular weight is 687 g/mol. The molecule has 11 nitrogen and oxygen atoms in total. The normalized spacial score (nSPS) is 19.4. The lowest BCUT2D eigenvalue weighted by Gasteiger charge is -2.20. The number of halogens is 1. The Hall–Kier alpha value is -4.36. The van der Waals surface area contributed by atoms with E-state index in [0.717, 1.165) is 27.6 Å². The van der Waals surface area contributed by atoms with E-state index in [4.69, 9.17) is 14.7 Å². The summed E-state index contributed by atoms with van der Waals surface area (Å²) in [5.41, 5.74) is 4.30. The molecule has 4 atom stereocenters. The predicted octanol–water partition coefficient (Wildman–Crippen LogP) is 4.24. The molecule has 0 unspecified atom stereocenters. The van der Waals surface area contributed by atoms with E-state index in [9.17, 15) is 15.0 Å². The highest BCUT2D eigenvalue weighted by Crippen LogP contribution is 2.34. The van der Waals surface area contributed by atoms with Crippen molar-refractivity contribution in [2.45, 2.75) is 43.8 Å². The third-order valence-electron chi connectivity index (χ3n) is 8.03. The highest BCUT2D eigenvalue weighted by molar-refractivity contribution is 9.10. The van der Waals surface area contributed by atoms with E-state index in [-0.39, 0.29) is 5.92 Å². The van der Waals surface area contributed by atoms with E-state index in [2.05, 4.69) is 73.3 Å². The van der Waals surface area contributed by atoms with Gasteiger partial charge < -0.3 is 30.9 Å². The molecule has 6 rings (SSSR count). The van der Waals surface area contributed by atoms with Gasteiger partial charge in [-0.3, -0.25) is 9.36 Å². The van der Waals surface area contributed by atoms with Gasteiger partial charge in [-0.05, 0) is 42.2 Å². The number of aromatic nitrogens is 4. The van der Waals surface area contributed by atoms with E-state index < -0.39 is 30.4 Å². The summed E-state index contributed by atoms with van der Waals surface area (Å²) in [4.78, 5) is 26.7. The molecular formula is C34H36BrN7O4. The van der Waals surface area contributed by atoms with Crippen LogP contribution in [-0.4, -0.2) is 73.6 Å². The van der Waals surface area contributed by atoms with Crippen molar-refractivity contribution < 1.29 is 19.7 Å². The van der Waals surface area contributed by atoms with Gasteiger partial charge in [0.25, 0.3) is 5.91 Å². The van der Waals surface area contributed by atoms with Crippen LogP contribution in [0, 0.1) is 0 Å². The maximum atomic E-state index is 12.5. The predicted molar refractivity (Wildman–Crippen MR) is 179 cm³/mol. The molecule has 238 valence electrons. The molecule has 5 aromatic rings. The minimum atomic E-state index is -1.42. The molecule has 0 aliphatic carbocycles. The number of amides is 1. The average Bonchev–Trinajstić information content (AvgIpc) is 3.63. The van der Waals surface area contributed by atoms with Crippen LogP contribution in [0.1, 0.15) is 35.8 Å². The van der Waals surface area contributed by atoms with Gasteiger partial charge in [-0.25, -0.2) is 4.98 Å². The molecule has 1 fully saturated rings. The molecule has 12 heteroatoms. The van der Waals surface area contributed by atoms with Gasteiger partial charge in [0.15, 0.2) is 29.3 Å². The van der Waals surface area contributed by atoms with Crippen LogP contribution in [0.25, 0.3) is 11.2 Å². The third-order valence-corrected chi connectivity index (χ3v) is 8.56. The number of carbonyl (C=O) groups is 1. The Kier molecular flexibility index (Phi) is 9.88. The fourth-order valence-electron chi connectivity index (χ4n) is 5.65. The number of imidazole rings is 1. The molecule has 2 aromatic heterocycles. The molecule has 3 heterocycles. The SMILES string of the molecule is CCNC(=O)[C@H]1O[C@@H](n2cnc3c(NCC(c4ccccc4)c4ccccc4)nc(NCCc4ccc(Br)cc4)nc32)[C@H](O)[C@@H]1O. The van der Waals surface area contributed by atoms with E-state index in [1.807, 2.05) is 48.5 Å². The second-order valence-corrected chi connectivity index (χ2v) is 12.0. The Morgan fingerprint density at radius 1 is 0.935 bits per heavy atom. The summed E-state index contributed by atoms with van der Waals surface area (Å²) in [5, 5.41) is 31.1. The fraction of sp³-hybridized carbons (Fsp3) is 0.294. The Balaban J connectivity index is 1.32. The summed E-state index contributed by atoms with van der Waals surface area (Å²) in [6, 6.07) is 28.6. The van der Waals surface area contributed by atoms with Crippen molar-refractivity contribution >= 4 is 44.8 Å². The van der Waals surface area contributed by atoms with Crippen LogP contribution >= 0.6 is 15.9 Å². The lowest BCUT2D eigenvalue weighted by Crippen LogP contribution is -2.42. The number of carbonyl (C=O) groups excluding carboxylic acids is 1. The smallest absolute Gasteiger partial charge is 0.252 e. The van der Waals surface area contributed by atoms with Crippen molar-refractivity contribution in [1.82, 2.24) is 24.8 Å². The lowest BCUT2D eigenvalue weighted by molar-refractivity contribution is -0.137. The molecule has 0 saturated carbocycles. The van der Waals surface area contributed by atoms with Gasteiger partial charge in [0.2, 0.25) is 5.95 Å². The first kappa shape index (κ1) is 31.6. The van der Waals surface area contributed by atoms with Crippen molar-refractivity contribution in [3.63, 3.8) is 0 Å². The van der Waals surface area contributed by atoms with Crippen LogP contribution in [0.5, 0.6) is 0 Å². The summed E-state index contributed by atoms with van der Waals surface area (Å²) in [6.45, 7) is 3.22. The Morgan fingerprint density at radius 2 is 1.61 bits per heavy atom. The molecule has 0 radical (unpaired) electrons. The number of benzene rings is 3. The number of hydrogen-bond donors (Lipinski definition) is 5. The van der Waals surface area contributed by atoms with Crippen molar-refractivity contribution in [1.29, 1.82) is 0 Å². The highest BCUT2D eigenvalue weighted by atomic mass is 79.9. The van der Waals surface area contributed by atoms with Crippen LogP contribution in [-0.2, 0) is 16.0 Å². The van der Waals surface area contributed by atoms with E-state index in [0.29, 0.717) is 42.6 Å². The first-order valence-electron chi connectivity index (χ1n) is 15.3. The molecule has 3 aromatic carbocycles. The first-order chi connectivity index (χ1) is 22.4. The van der Waals surface area contributed by atoms with Gasteiger partial charge in [-0.15, -0.1) is 0 Å². The van der Waals surface area contributed by atoms with Crippen LogP contribution < -0.4 is 16.0 Å². The number of fused-ring (bicyclic) bond motifs is 1. The Labute approximate surface area is 275 Å². The van der Waals surface area contributed by atoms with Gasteiger partial charge in [0.05, 0.1) is 6.33 Å². The summed E-state index contributed by atoms with van der Waals surface area (Å²) < 4.78 is 8.46. The number of nitrogens with zero attached hydrogens (tertiary/aromatic N) is 4. The minimum absolute atomic E-state index is 0.0243. The van der Waals surface area contributed by atoms with Gasteiger partial charge in [-0.1, -0.05) is 88.7 Å². The van der Waals surface area contributed by atoms with Crippen molar-refractivity contribution in [3.8, 4) is 0 Å². The maximum absolute atomic E-state index is 12.5. The molecule has 1 aliphatic rings. The second kappa shape index (κ2) is 14.4. The largest absolute Gasteiger partial charge is 0.387 e. The van der Waals surface area contributed by atoms with Crippen LogP contribution in [0.15, 0.2) is 95.7 Å². The highest BCUT2D eigenvalue weighted by Gasteiger charge is 2.47. The number of rotatable bonds is 12. The van der Waals surface area contributed by atoms with E-state index in [1.54, 1.807) is 11.5 Å². The molecule has 46 heavy (non-hydrogen) atoms. The topological polar surface area (TPSA) is 146 Å². The quantitative estimate of drug-likeness (QED) is 0.130. The summed E-state index contributed by atoms with van der Waals surface area (Å²) >= 11 is 3.48. The Morgan fingerprint density at radius 3 is 2.26 bits per heavy atom. The molecule has 1 aliphatic heterocycles. The molecule has 0 spiro atoms. The fourth-order valence-corrected chi connectivity index (χ4v) is 5.92. The third kappa shape index (κ3) is 6.90. The van der Waals surface area contributed by atoms with Crippen molar-refractivity contribution in [3.05, 3.63) is 112 Å². The van der Waals surface area contributed by atoms with E-state index >= 15 is 0 Å². The molecule has 1 amide bonds. The second-order valence-electron chi connectivity index (χ2n) is 11.1. The number of anilines is 2. The summed E-state index contributed by atoms with van der Waals surface area (Å²) in [6.07, 6.45) is -2.90. The number of aliphatic hydroxyl groups is 2. The van der Waals surface area contributed by atoms with Gasteiger partial charge >= 0.3 is 0 Å². The van der Waals surface area contributed by atoms with Gasteiger partial charge in [-0.2, -0.15) is 9.97 Å². The number of aliphatic hydroxyl groups excluding tert-OH is 2. The summed E-state index contributed by atoms with van der Waals surface area (Å²) in [7, 11) is 0. The number of likely N-dealkylation sites (N-methyl/N-ethyl adjacent to an activating group) is 1. The molecule has 0 bridgehead atoms. The van der Waals surface area contributed by atoms with Gasteiger partial charge in [0.1, 0.15) is 12.2 Å². The summed E-state index contributed by atoms with van der Waals surface area (Å²) in [5.74, 6) is 0.385. The van der Waals surface area contributed by atoms with Crippen molar-refractivity contribution in [2.75, 3.05) is 30.3 Å². The monoisotopic (exact) mass is 685 g/mol. The first-order valence-corrected chi connectivity index (χ1v) is 16.1. The zero-order valence-electron chi connectivity index (χ0n) is 25.3. The van der Waals surface area contributed by atoms with E-state index in [1.165, 1.54) is 6.33 Å². The van der Waals surface area contributed by atoms with Gasteiger partial charge in [0, 0.05) is 30.0 Å². The maximum Gasteiger partial charge on any atom is 0.252 e. The van der Waals surface area contributed by atoms with Crippen LogP contribution in [0.3, 0.4) is 0 Å². The molecular weight excluding hydrogens is 650 g/mol. The van der Waals surface area contributed by atoms with Crippen molar-refractivity contribution in [2.24, 2.45) is 0 Å². The van der Waals surface area contributed by atoms with Crippen LogP contribution in [0.2, 0.25) is 0 Å². The Bertz CT molecular complexity index is 1720. The zero-order valence-corrected chi connectivity index (χ0v) is 26.8. The zero-order chi connectivity index (χ0) is 32.0. The van der Waals surface area contributed by atoms with Crippen LogP contribution in [0.4, 0.5) is 11.8 Å².